The molecule has 0 fully saturated rings. The molecule has 0 amide bonds. The van der Waals surface area contributed by atoms with Crippen molar-refractivity contribution in [1.82, 2.24) is 9.55 Å². The Labute approximate surface area is 181 Å². The van der Waals surface area contributed by atoms with Crippen molar-refractivity contribution in [1.29, 1.82) is 0 Å². The molecule has 0 spiro atoms. The van der Waals surface area contributed by atoms with Gasteiger partial charge in [-0.3, -0.25) is 4.79 Å². The Morgan fingerprint density at radius 1 is 1.00 bits per heavy atom. The van der Waals surface area contributed by atoms with Crippen molar-refractivity contribution in [2.75, 3.05) is 4.43 Å². The van der Waals surface area contributed by atoms with Crippen LogP contribution < -0.4 is 5.56 Å². The van der Waals surface area contributed by atoms with E-state index in [9.17, 15) is 18.0 Å². The van der Waals surface area contributed by atoms with E-state index in [1.807, 2.05) is 19.9 Å². The maximum Gasteiger partial charge on any atom is 0.417 e. The Balaban J connectivity index is 1.99. The summed E-state index contributed by atoms with van der Waals surface area (Å²) in [6.45, 7) is 4.61. The van der Waals surface area contributed by atoms with Crippen LogP contribution in [-0.2, 0) is 12.7 Å². The first-order chi connectivity index (χ1) is 13.8. The predicted octanol–water partition coefficient (Wildman–Crippen LogP) is 6.89. The van der Waals surface area contributed by atoms with Gasteiger partial charge in [0.2, 0.25) is 5.56 Å². The first-order valence-electron chi connectivity index (χ1n) is 10.0. The molecule has 1 aromatic carbocycles. The number of pyridine rings is 1. The van der Waals surface area contributed by atoms with Crippen LogP contribution in [-0.4, -0.2) is 14.0 Å². The summed E-state index contributed by atoms with van der Waals surface area (Å²) in [7, 11) is 0. The maximum absolute atomic E-state index is 13.7. The quantitative estimate of drug-likeness (QED) is 0.197. The first-order valence-corrected chi connectivity index (χ1v) is 11.6. The van der Waals surface area contributed by atoms with Gasteiger partial charge in [0.15, 0.2) is 0 Å². The Bertz CT molecular complexity index is 1070. The predicted molar refractivity (Wildman–Crippen MR) is 121 cm³/mol. The number of unbranched alkanes of at least 4 members (excludes halogenated alkanes) is 5. The minimum atomic E-state index is -4.58. The van der Waals surface area contributed by atoms with Crippen molar-refractivity contribution in [3.63, 3.8) is 0 Å². The van der Waals surface area contributed by atoms with E-state index in [2.05, 4.69) is 32.1 Å². The number of nitrogens with one attached hydrogen (secondary N) is 1. The number of hydrogen-bond acceptors (Lipinski definition) is 1. The molecule has 0 radical (unpaired) electrons. The van der Waals surface area contributed by atoms with Crippen LogP contribution in [0, 0.1) is 13.8 Å². The molecule has 0 aliphatic carbocycles. The molecule has 29 heavy (non-hydrogen) atoms. The van der Waals surface area contributed by atoms with Gasteiger partial charge in [0.1, 0.15) is 0 Å². The minimum absolute atomic E-state index is 0.0905. The highest BCUT2D eigenvalue weighted by Crippen LogP contribution is 2.39. The zero-order valence-corrected chi connectivity index (χ0v) is 18.9. The van der Waals surface area contributed by atoms with E-state index in [-0.39, 0.29) is 10.9 Å². The van der Waals surface area contributed by atoms with Gasteiger partial charge in [-0.1, -0.05) is 48.3 Å². The third-order valence-corrected chi connectivity index (χ3v) is 6.43. The molecule has 0 aliphatic rings. The van der Waals surface area contributed by atoms with Crippen LogP contribution in [0.5, 0.6) is 0 Å². The molecule has 0 bridgehead atoms. The molecule has 3 rings (SSSR count). The van der Waals surface area contributed by atoms with Gasteiger partial charge >= 0.3 is 6.18 Å². The Morgan fingerprint density at radius 2 is 1.66 bits per heavy atom. The molecular formula is C22H26F3IN2O. The van der Waals surface area contributed by atoms with Crippen LogP contribution in [0.15, 0.2) is 23.0 Å². The van der Waals surface area contributed by atoms with Gasteiger partial charge in [0.05, 0.1) is 5.56 Å². The summed E-state index contributed by atoms with van der Waals surface area (Å²) in [6, 6.07) is 4.09. The van der Waals surface area contributed by atoms with Crippen molar-refractivity contribution in [3.8, 4) is 0 Å². The Kier molecular flexibility index (Phi) is 6.96. The van der Waals surface area contributed by atoms with Gasteiger partial charge in [-0.05, 0) is 48.8 Å². The standard InChI is InChI=1S/C22H26F3IN2O/c1-14-15(2)28(12-8-6-4-3-5-7-11-26)18-10-9-17-21(20(14)18)16(22(23,24)25)13-19(29)27-17/h9-10,13H,3-8,11-12H2,1-2H3,(H,27,29). The number of benzene rings is 1. The van der Waals surface area contributed by atoms with E-state index in [4.69, 9.17) is 0 Å². The zero-order chi connectivity index (χ0) is 21.2. The summed E-state index contributed by atoms with van der Waals surface area (Å²) >= 11 is 2.40. The van der Waals surface area contributed by atoms with E-state index in [1.165, 1.54) is 30.1 Å². The summed E-state index contributed by atoms with van der Waals surface area (Å²) in [5, 5.41) is 0.679. The third kappa shape index (κ3) is 4.64. The molecule has 2 aromatic heterocycles. The van der Waals surface area contributed by atoms with Crippen LogP contribution in [0.2, 0.25) is 0 Å². The lowest BCUT2D eigenvalue weighted by Crippen LogP contribution is -2.14. The fraction of sp³-hybridized carbons (Fsp3) is 0.500. The number of rotatable bonds is 8. The fourth-order valence-electron chi connectivity index (χ4n) is 4.10. The topological polar surface area (TPSA) is 37.8 Å². The maximum atomic E-state index is 13.7. The highest BCUT2D eigenvalue weighted by Gasteiger charge is 2.34. The average Bonchev–Trinajstić information content (AvgIpc) is 2.90. The number of H-pyrrole nitrogens is 1. The van der Waals surface area contributed by atoms with E-state index < -0.39 is 17.3 Å². The normalized spacial score (nSPS) is 12.3. The molecule has 0 atom stereocenters. The summed E-state index contributed by atoms with van der Waals surface area (Å²) in [4.78, 5) is 14.3. The minimum Gasteiger partial charge on any atom is -0.345 e. The molecule has 0 saturated carbocycles. The summed E-state index contributed by atoms with van der Waals surface area (Å²) < 4.78 is 44.4. The summed E-state index contributed by atoms with van der Waals surface area (Å²) in [6.07, 6.45) is 2.49. The summed E-state index contributed by atoms with van der Waals surface area (Å²) in [5.41, 5.74) is 1.25. The molecular weight excluding hydrogens is 492 g/mol. The van der Waals surface area contributed by atoms with Gasteiger partial charge in [-0.25, -0.2) is 0 Å². The van der Waals surface area contributed by atoms with Crippen molar-refractivity contribution >= 4 is 44.4 Å². The number of nitrogens with zero attached hydrogens (tertiary/aromatic N) is 1. The van der Waals surface area contributed by atoms with Gasteiger partial charge < -0.3 is 9.55 Å². The number of aromatic amines is 1. The van der Waals surface area contributed by atoms with Crippen LogP contribution in [0.3, 0.4) is 0 Å². The van der Waals surface area contributed by atoms with Gasteiger partial charge in [-0.2, -0.15) is 13.2 Å². The lowest BCUT2D eigenvalue weighted by atomic mass is 10.0. The molecule has 7 heteroatoms. The van der Waals surface area contributed by atoms with Gasteiger partial charge in [0, 0.05) is 40.1 Å². The van der Waals surface area contributed by atoms with E-state index in [0.717, 1.165) is 36.2 Å². The van der Waals surface area contributed by atoms with Crippen molar-refractivity contribution in [3.05, 3.63) is 45.4 Å². The number of alkyl halides is 4. The second kappa shape index (κ2) is 9.10. The zero-order valence-electron chi connectivity index (χ0n) is 16.8. The van der Waals surface area contributed by atoms with Crippen LogP contribution >= 0.6 is 22.6 Å². The number of halogens is 4. The Morgan fingerprint density at radius 3 is 2.31 bits per heavy atom. The number of aromatic nitrogens is 2. The molecule has 0 unspecified atom stereocenters. The highest BCUT2D eigenvalue weighted by atomic mass is 127. The molecule has 3 aromatic rings. The number of hydrogen-bond donors (Lipinski definition) is 1. The molecule has 158 valence electrons. The van der Waals surface area contributed by atoms with Crippen molar-refractivity contribution in [2.45, 2.75) is 65.1 Å². The second-order valence-corrected chi connectivity index (χ2v) is 8.68. The van der Waals surface area contributed by atoms with Gasteiger partial charge in [-0.15, -0.1) is 0 Å². The molecule has 1 N–H and O–H groups in total. The largest absolute Gasteiger partial charge is 0.417 e. The Hall–Kier alpha value is -1.51. The van der Waals surface area contributed by atoms with Crippen LogP contribution in [0.4, 0.5) is 13.2 Å². The first kappa shape index (κ1) is 22.2. The molecule has 0 aliphatic heterocycles. The smallest absolute Gasteiger partial charge is 0.345 e. The molecule has 3 nitrogen and oxygen atoms in total. The van der Waals surface area contributed by atoms with Crippen molar-refractivity contribution in [2.24, 2.45) is 0 Å². The average molecular weight is 518 g/mol. The fourth-order valence-corrected chi connectivity index (χ4v) is 4.64. The van der Waals surface area contributed by atoms with Crippen LogP contribution in [0.25, 0.3) is 21.8 Å². The van der Waals surface area contributed by atoms with E-state index in [1.54, 1.807) is 6.07 Å². The lowest BCUT2D eigenvalue weighted by Gasteiger charge is -2.12. The highest BCUT2D eigenvalue weighted by molar-refractivity contribution is 14.1. The number of aryl methyl sites for hydroxylation is 2. The molecule has 0 saturated heterocycles. The second-order valence-electron chi connectivity index (χ2n) is 7.60. The lowest BCUT2D eigenvalue weighted by molar-refractivity contribution is -0.136. The third-order valence-electron chi connectivity index (χ3n) is 5.67. The molecule has 2 heterocycles. The van der Waals surface area contributed by atoms with E-state index >= 15 is 0 Å². The SMILES string of the molecule is Cc1c(C)n(CCCCCCCCI)c2ccc3[nH]c(=O)cc(C(F)(F)F)c3c12. The van der Waals surface area contributed by atoms with Crippen LogP contribution in [0.1, 0.15) is 55.3 Å². The van der Waals surface area contributed by atoms with Gasteiger partial charge in [0.25, 0.3) is 0 Å². The monoisotopic (exact) mass is 518 g/mol. The van der Waals surface area contributed by atoms with E-state index in [0.29, 0.717) is 11.5 Å². The summed E-state index contributed by atoms with van der Waals surface area (Å²) in [5.74, 6) is 0. The number of fused-ring (bicyclic) bond motifs is 3. The van der Waals surface area contributed by atoms with Crippen molar-refractivity contribution < 1.29 is 13.2 Å².